The quantitative estimate of drug-likeness (QED) is 0.826. The summed E-state index contributed by atoms with van der Waals surface area (Å²) in [5.74, 6) is 0.255. The maximum absolute atomic E-state index is 12.8. The van der Waals surface area contributed by atoms with Crippen LogP contribution >= 0.6 is 0 Å². The number of ether oxygens (including phenoxy) is 1. The van der Waals surface area contributed by atoms with Crippen LogP contribution in [0, 0.1) is 0 Å². The molecule has 0 bridgehead atoms. The van der Waals surface area contributed by atoms with Gasteiger partial charge in [-0.2, -0.15) is 18.3 Å². The molecule has 2 aromatic carbocycles. The van der Waals surface area contributed by atoms with Crippen molar-refractivity contribution < 1.29 is 22.7 Å². The predicted octanol–water partition coefficient (Wildman–Crippen LogP) is 3.81. The lowest BCUT2D eigenvalue weighted by atomic mass is 9.93. The first-order valence-corrected chi connectivity index (χ1v) is 8.20. The molecule has 0 saturated heterocycles. The SMILES string of the molecule is CC1=NN=C(c2ccc(C(F)(F)F)cc2)c2cc3c(cc2C1)NC(=O)CO3. The number of halogens is 3. The van der Waals surface area contributed by atoms with Gasteiger partial charge in [0, 0.05) is 23.3 Å². The third-order valence-corrected chi connectivity index (χ3v) is 4.35. The highest BCUT2D eigenvalue weighted by Gasteiger charge is 2.30. The highest BCUT2D eigenvalue weighted by molar-refractivity contribution is 6.15. The van der Waals surface area contributed by atoms with Gasteiger partial charge in [-0.05, 0) is 36.8 Å². The standard InChI is InChI=1S/C19H14F3N3O2/c1-10-6-12-7-15-16(27-9-17(26)23-15)8-14(12)18(25-24-10)11-2-4-13(5-3-11)19(20,21)22/h2-5,7-8H,6,9H2,1H3,(H,23,26). The maximum Gasteiger partial charge on any atom is 0.416 e. The molecule has 138 valence electrons. The zero-order valence-corrected chi connectivity index (χ0v) is 14.2. The second kappa shape index (κ2) is 6.22. The predicted molar refractivity (Wildman–Crippen MR) is 94.5 cm³/mol. The number of hydrogen-bond donors (Lipinski definition) is 1. The summed E-state index contributed by atoms with van der Waals surface area (Å²) in [5.41, 5.74) is 3.13. The average Bonchev–Trinajstić information content (AvgIpc) is 2.77. The second-order valence-electron chi connectivity index (χ2n) is 6.38. The minimum absolute atomic E-state index is 0.0892. The Morgan fingerprint density at radius 3 is 2.56 bits per heavy atom. The summed E-state index contributed by atoms with van der Waals surface area (Å²) in [6.45, 7) is 1.73. The summed E-state index contributed by atoms with van der Waals surface area (Å²) in [5, 5.41) is 11.2. The first-order valence-electron chi connectivity index (χ1n) is 8.20. The van der Waals surface area contributed by atoms with E-state index in [1.165, 1.54) is 12.1 Å². The van der Waals surface area contributed by atoms with Crippen LogP contribution in [-0.2, 0) is 17.4 Å². The highest BCUT2D eigenvalue weighted by atomic mass is 19.4. The molecular formula is C19H14F3N3O2. The third kappa shape index (κ3) is 3.30. The van der Waals surface area contributed by atoms with Crippen molar-refractivity contribution in [3.8, 4) is 5.75 Å². The van der Waals surface area contributed by atoms with E-state index in [-0.39, 0.29) is 12.5 Å². The number of carbonyl (C=O) groups is 1. The molecule has 0 atom stereocenters. The van der Waals surface area contributed by atoms with E-state index in [1.807, 2.05) is 6.92 Å². The van der Waals surface area contributed by atoms with Crippen LogP contribution in [0.1, 0.15) is 29.2 Å². The number of anilines is 1. The van der Waals surface area contributed by atoms with Gasteiger partial charge in [-0.15, -0.1) is 5.10 Å². The zero-order valence-electron chi connectivity index (χ0n) is 14.2. The normalized spacial score (nSPS) is 16.2. The van der Waals surface area contributed by atoms with E-state index >= 15 is 0 Å². The first kappa shape index (κ1) is 17.3. The maximum atomic E-state index is 12.8. The van der Waals surface area contributed by atoms with Crippen molar-refractivity contribution in [2.75, 3.05) is 11.9 Å². The Balaban J connectivity index is 1.81. The van der Waals surface area contributed by atoms with Gasteiger partial charge in [-0.25, -0.2) is 0 Å². The van der Waals surface area contributed by atoms with Crippen molar-refractivity contribution >= 4 is 23.0 Å². The zero-order chi connectivity index (χ0) is 19.2. The van der Waals surface area contributed by atoms with Crippen molar-refractivity contribution in [3.63, 3.8) is 0 Å². The van der Waals surface area contributed by atoms with Crippen LogP contribution < -0.4 is 10.1 Å². The van der Waals surface area contributed by atoms with Crippen LogP contribution in [0.2, 0.25) is 0 Å². The topological polar surface area (TPSA) is 63.0 Å². The minimum Gasteiger partial charge on any atom is -0.482 e. The van der Waals surface area contributed by atoms with Crippen LogP contribution in [0.25, 0.3) is 0 Å². The Bertz CT molecular complexity index is 992. The molecule has 0 unspecified atom stereocenters. The van der Waals surface area contributed by atoms with Gasteiger partial charge in [0.05, 0.1) is 11.3 Å². The molecule has 0 aromatic heterocycles. The number of alkyl halides is 3. The van der Waals surface area contributed by atoms with Gasteiger partial charge in [0.25, 0.3) is 5.91 Å². The van der Waals surface area contributed by atoms with Crippen LogP contribution in [0.15, 0.2) is 46.6 Å². The Morgan fingerprint density at radius 2 is 1.85 bits per heavy atom. The lowest BCUT2D eigenvalue weighted by Gasteiger charge is -2.21. The van der Waals surface area contributed by atoms with Gasteiger partial charge < -0.3 is 10.1 Å². The van der Waals surface area contributed by atoms with Gasteiger partial charge >= 0.3 is 6.18 Å². The fraction of sp³-hybridized carbons (Fsp3) is 0.211. The summed E-state index contributed by atoms with van der Waals surface area (Å²) >= 11 is 0. The Labute approximate surface area is 152 Å². The number of benzene rings is 2. The van der Waals surface area contributed by atoms with E-state index in [9.17, 15) is 18.0 Å². The summed E-state index contributed by atoms with van der Waals surface area (Å²) in [6, 6.07) is 8.34. The molecule has 2 aliphatic heterocycles. The van der Waals surface area contributed by atoms with Crippen molar-refractivity contribution in [2.45, 2.75) is 19.5 Å². The second-order valence-corrected chi connectivity index (χ2v) is 6.38. The molecule has 4 rings (SSSR count). The van der Waals surface area contributed by atoms with Gasteiger partial charge in [0.1, 0.15) is 11.5 Å². The molecule has 2 heterocycles. The molecule has 2 aliphatic rings. The van der Waals surface area contributed by atoms with Gasteiger partial charge in [0.2, 0.25) is 0 Å². The van der Waals surface area contributed by atoms with E-state index < -0.39 is 11.7 Å². The number of amides is 1. The van der Waals surface area contributed by atoms with Crippen molar-refractivity contribution in [2.24, 2.45) is 10.2 Å². The van der Waals surface area contributed by atoms with Crippen molar-refractivity contribution in [3.05, 3.63) is 58.7 Å². The van der Waals surface area contributed by atoms with Gasteiger partial charge in [-0.1, -0.05) is 12.1 Å². The molecule has 0 fully saturated rings. The monoisotopic (exact) mass is 373 g/mol. The molecular weight excluding hydrogens is 359 g/mol. The number of nitrogens with zero attached hydrogens (tertiary/aromatic N) is 2. The van der Waals surface area contributed by atoms with E-state index in [1.54, 1.807) is 12.1 Å². The Hall–Kier alpha value is -3.16. The van der Waals surface area contributed by atoms with Crippen LogP contribution in [0.5, 0.6) is 5.75 Å². The summed E-state index contributed by atoms with van der Waals surface area (Å²) in [6.07, 6.45) is -3.90. The third-order valence-electron chi connectivity index (χ3n) is 4.35. The lowest BCUT2D eigenvalue weighted by Crippen LogP contribution is -2.26. The van der Waals surface area contributed by atoms with E-state index in [0.717, 1.165) is 23.4 Å². The van der Waals surface area contributed by atoms with Crippen LogP contribution in [0.4, 0.5) is 18.9 Å². The largest absolute Gasteiger partial charge is 0.482 e. The average molecular weight is 373 g/mol. The number of hydrogen-bond acceptors (Lipinski definition) is 4. The van der Waals surface area contributed by atoms with E-state index in [0.29, 0.717) is 34.7 Å². The first-order chi connectivity index (χ1) is 12.8. The van der Waals surface area contributed by atoms with Gasteiger partial charge in [-0.3, -0.25) is 4.79 Å². The van der Waals surface area contributed by atoms with E-state index in [2.05, 4.69) is 15.5 Å². The summed E-state index contributed by atoms with van der Waals surface area (Å²) < 4.78 is 44.0. The molecule has 0 spiro atoms. The highest BCUT2D eigenvalue weighted by Crippen LogP contribution is 2.34. The smallest absolute Gasteiger partial charge is 0.416 e. The minimum atomic E-state index is -4.40. The number of carbonyl (C=O) groups excluding carboxylic acids is 1. The molecule has 0 aliphatic carbocycles. The summed E-state index contributed by atoms with van der Waals surface area (Å²) in [4.78, 5) is 11.5. The van der Waals surface area contributed by atoms with Crippen LogP contribution in [0.3, 0.4) is 0 Å². The molecule has 1 amide bonds. The number of rotatable bonds is 1. The molecule has 0 radical (unpaired) electrons. The lowest BCUT2D eigenvalue weighted by molar-refractivity contribution is -0.137. The fourth-order valence-electron chi connectivity index (χ4n) is 3.07. The number of nitrogens with one attached hydrogen (secondary N) is 1. The molecule has 1 N–H and O–H groups in total. The molecule has 27 heavy (non-hydrogen) atoms. The van der Waals surface area contributed by atoms with Crippen molar-refractivity contribution in [1.29, 1.82) is 0 Å². The number of fused-ring (bicyclic) bond motifs is 2. The fourth-order valence-corrected chi connectivity index (χ4v) is 3.07. The van der Waals surface area contributed by atoms with E-state index in [4.69, 9.17) is 4.74 Å². The van der Waals surface area contributed by atoms with Crippen molar-refractivity contribution in [1.82, 2.24) is 0 Å². The van der Waals surface area contributed by atoms with Crippen LogP contribution in [-0.4, -0.2) is 23.9 Å². The molecule has 5 nitrogen and oxygen atoms in total. The summed E-state index contributed by atoms with van der Waals surface area (Å²) in [7, 11) is 0. The molecule has 2 aromatic rings. The Kier molecular flexibility index (Phi) is 3.98. The molecule has 8 heteroatoms. The Morgan fingerprint density at radius 1 is 1.11 bits per heavy atom. The van der Waals surface area contributed by atoms with Gasteiger partial charge in [0.15, 0.2) is 6.61 Å². The molecule has 0 saturated carbocycles.